The Bertz CT molecular complexity index is 187. The minimum Gasteiger partial charge on any atom is -0.329 e. The lowest BCUT2D eigenvalue weighted by atomic mass is 9.89. The zero-order valence-electron chi connectivity index (χ0n) is 10.9. The highest BCUT2D eigenvalue weighted by molar-refractivity contribution is 4.85. The minimum absolute atomic E-state index is 0.186. The van der Waals surface area contributed by atoms with Crippen LogP contribution in [0.1, 0.15) is 47.0 Å². The quantitative estimate of drug-likeness (QED) is 0.779. The summed E-state index contributed by atoms with van der Waals surface area (Å²) in [4.78, 5) is 2.58. The molecule has 1 fully saturated rings. The van der Waals surface area contributed by atoms with E-state index in [1.165, 1.54) is 32.4 Å². The first-order chi connectivity index (χ1) is 6.97. The molecule has 0 aromatic heterocycles. The molecule has 15 heavy (non-hydrogen) atoms. The number of nitrogens with zero attached hydrogens (tertiary/aromatic N) is 1. The van der Waals surface area contributed by atoms with E-state index in [1.54, 1.807) is 0 Å². The van der Waals surface area contributed by atoms with E-state index < -0.39 is 0 Å². The first-order valence-electron chi connectivity index (χ1n) is 6.42. The molecular weight excluding hydrogens is 184 g/mol. The molecule has 2 heteroatoms. The van der Waals surface area contributed by atoms with Crippen molar-refractivity contribution in [1.29, 1.82) is 0 Å². The lowest BCUT2D eigenvalue weighted by Gasteiger charge is -2.37. The van der Waals surface area contributed by atoms with Gasteiger partial charge >= 0.3 is 0 Å². The second-order valence-corrected chi connectivity index (χ2v) is 5.94. The van der Waals surface area contributed by atoms with Crippen LogP contribution >= 0.6 is 0 Å². The third-order valence-corrected chi connectivity index (χ3v) is 4.07. The summed E-state index contributed by atoms with van der Waals surface area (Å²) in [5.74, 6) is 1.76. The lowest BCUT2D eigenvalue weighted by Crippen LogP contribution is -2.49. The lowest BCUT2D eigenvalue weighted by molar-refractivity contribution is 0.129. The maximum Gasteiger partial charge on any atom is 0.0275 e. The second-order valence-electron chi connectivity index (χ2n) is 5.94. The van der Waals surface area contributed by atoms with Crippen LogP contribution in [0.2, 0.25) is 0 Å². The molecule has 0 aromatic rings. The van der Waals surface area contributed by atoms with Crippen molar-refractivity contribution in [2.75, 3.05) is 19.6 Å². The van der Waals surface area contributed by atoms with Crippen molar-refractivity contribution in [3.8, 4) is 0 Å². The number of likely N-dealkylation sites (tertiary alicyclic amines) is 1. The van der Waals surface area contributed by atoms with Gasteiger partial charge in [0.25, 0.3) is 0 Å². The van der Waals surface area contributed by atoms with Gasteiger partial charge in [-0.25, -0.2) is 0 Å². The number of hydrogen-bond donors (Lipinski definition) is 1. The van der Waals surface area contributed by atoms with Crippen LogP contribution in [-0.4, -0.2) is 30.1 Å². The van der Waals surface area contributed by atoms with E-state index in [9.17, 15) is 0 Å². The zero-order valence-corrected chi connectivity index (χ0v) is 10.9. The van der Waals surface area contributed by atoms with Crippen LogP contribution in [0.4, 0.5) is 0 Å². The van der Waals surface area contributed by atoms with Crippen molar-refractivity contribution in [3.63, 3.8) is 0 Å². The van der Waals surface area contributed by atoms with Crippen LogP contribution in [0.3, 0.4) is 0 Å². The minimum atomic E-state index is 0.186. The zero-order chi connectivity index (χ0) is 11.5. The molecule has 0 spiro atoms. The Morgan fingerprint density at radius 1 is 1.27 bits per heavy atom. The monoisotopic (exact) mass is 212 g/mol. The standard InChI is InChI=1S/C13H28N2/c1-11(2)12-6-5-8-15(9-7-12)13(3,4)10-14/h11-12H,5-10,14H2,1-4H3. The van der Waals surface area contributed by atoms with Crippen molar-refractivity contribution in [2.45, 2.75) is 52.5 Å². The van der Waals surface area contributed by atoms with E-state index in [0.29, 0.717) is 0 Å². The second kappa shape index (κ2) is 5.31. The summed E-state index contributed by atoms with van der Waals surface area (Å²) in [5, 5.41) is 0. The van der Waals surface area contributed by atoms with Crippen LogP contribution in [0.5, 0.6) is 0 Å². The van der Waals surface area contributed by atoms with Gasteiger partial charge in [-0.1, -0.05) is 13.8 Å². The van der Waals surface area contributed by atoms with Crippen LogP contribution < -0.4 is 5.73 Å². The Kier molecular flexibility index (Phi) is 4.60. The van der Waals surface area contributed by atoms with E-state index in [0.717, 1.165) is 18.4 Å². The van der Waals surface area contributed by atoms with Gasteiger partial charge in [0.2, 0.25) is 0 Å². The van der Waals surface area contributed by atoms with Gasteiger partial charge < -0.3 is 5.73 Å². The number of hydrogen-bond acceptors (Lipinski definition) is 2. The van der Waals surface area contributed by atoms with Crippen molar-refractivity contribution in [2.24, 2.45) is 17.6 Å². The Balaban J connectivity index is 2.53. The molecule has 0 radical (unpaired) electrons. The van der Waals surface area contributed by atoms with Crippen molar-refractivity contribution in [3.05, 3.63) is 0 Å². The molecule has 2 N–H and O–H groups in total. The summed E-state index contributed by atoms with van der Waals surface area (Å²) in [5.41, 5.74) is 6.03. The van der Waals surface area contributed by atoms with Gasteiger partial charge in [0.05, 0.1) is 0 Å². The molecule has 0 saturated carbocycles. The van der Waals surface area contributed by atoms with Crippen molar-refractivity contribution >= 4 is 0 Å². The highest BCUT2D eigenvalue weighted by atomic mass is 15.2. The van der Waals surface area contributed by atoms with Gasteiger partial charge in [-0.15, -0.1) is 0 Å². The molecule has 1 unspecified atom stereocenters. The summed E-state index contributed by atoms with van der Waals surface area (Å²) >= 11 is 0. The number of nitrogens with two attached hydrogens (primary N) is 1. The third-order valence-electron chi connectivity index (χ3n) is 4.07. The maximum atomic E-state index is 5.84. The molecule has 0 amide bonds. The molecule has 90 valence electrons. The maximum absolute atomic E-state index is 5.84. The number of rotatable bonds is 3. The van der Waals surface area contributed by atoms with Crippen molar-refractivity contribution in [1.82, 2.24) is 4.90 Å². The van der Waals surface area contributed by atoms with Gasteiger partial charge in [-0.2, -0.15) is 0 Å². The predicted octanol–water partition coefficient (Wildman–Crippen LogP) is 2.48. The molecule has 1 aliphatic heterocycles. The largest absolute Gasteiger partial charge is 0.329 e. The molecule has 1 saturated heterocycles. The first kappa shape index (κ1) is 13.0. The fourth-order valence-electron chi connectivity index (χ4n) is 2.52. The third kappa shape index (κ3) is 3.46. The summed E-state index contributed by atoms with van der Waals surface area (Å²) in [6.07, 6.45) is 4.09. The van der Waals surface area contributed by atoms with Gasteiger partial charge in [-0.05, 0) is 58.0 Å². The van der Waals surface area contributed by atoms with E-state index in [1.807, 2.05) is 0 Å². The SMILES string of the molecule is CC(C)C1CCCN(C(C)(C)CN)CC1. The van der Waals surface area contributed by atoms with E-state index in [2.05, 4.69) is 32.6 Å². The normalized spacial score (nSPS) is 25.6. The molecule has 0 bridgehead atoms. The van der Waals surface area contributed by atoms with E-state index in [-0.39, 0.29) is 5.54 Å². The molecule has 1 atom stereocenters. The smallest absolute Gasteiger partial charge is 0.0275 e. The topological polar surface area (TPSA) is 29.3 Å². The molecule has 1 aliphatic rings. The summed E-state index contributed by atoms with van der Waals surface area (Å²) < 4.78 is 0. The first-order valence-corrected chi connectivity index (χ1v) is 6.42. The van der Waals surface area contributed by atoms with Crippen LogP contribution in [-0.2, 0) is 0 Å². The van der Waals surface area contributed by atoms with Crippen LogP contribution in [0.15, 0.2) is 0 Å². The van der Waals surface area contributed by atoms with E-state index >= 15 is 0 Å². The Morgan fingerprint density at radius 3 is 2.47 bits per heavy atom. The average Bonchev–Trinajstić information content (AvgIpc) is 2.43. The highest BCUT2D eigenvalue weighted by Crippen LogP contribution is 2.27. The predicted molar refractivity (Wildman–Crippen MR) is 66.9 cm³/mol. The fraction of sp³-hybridized carbons (Fsp3) is 1.00. The van der Waals surface area contributed by atoms with Crippen LogP contribution in [0, 0.1) is 11.8 Å². The molecular formula is C13H28N2. The Morgan fingerprint density at radius 2 is 1.93 bits per heavy atom. The Hall–Kier alpha value is -0.0800. The fourth-order valence-corrected chi connectivity index (χ4v) is 2.52. The summed E-state index contributed by atoms with van der Waals surface area (Å²) in [6, 6.07) is 0. The molecule has 0 aromatic carbocycles. The van der Waals surface area contributed by atoms with Gasteiger partial charge in [0, 0.05) is 12.1 Å². The van der Waals surface area contributed by atoms with Gasteiger partial charge in [0.15, 0.2) is 0 Å². The molecule has 0 aliphatic carbocycles. The highest BCUT2D eigenvalue weighted by Gasteiger charge is 2.28. The summed E-state index contributed by atoms with van der Waals surface area (Å²) in [6.45, 7) is 12.5. The van der Waals surface area contributed by atoms with E-state index in [4.69, 9.17) is 5.73 Å². The molecule has 2 nitrogen and oxygen atoms in total. The van der Waals surface area contributed by atoms with Gasteiger partial charge in [-0.3, -0.25) is 4.90 Å². The summed E-state index contributed by atoms with van der Waals surface area (Å²) in [7, 11) is 0. The molecule has 1 heterocycles. The Labute approximate surface area is 95.2 Å². The van der Waals surface area contributed by atoms with Gasteiger partial charge in [0.1, 0.15) is 0 Å². The van der Waals surface area contributed by atoms with Crippen molar-refractivity contribution < 1.29 is 0 Å². The average molecular weight is 212 g/mol. The van der Waals surface area contributed by atoms with Crippen LogP contribution in [0.25, 0.3) is 0 Å². The molecule has 1 rings (SSSR count).